The van der Waals surface area contributed by atoms with Crippen molar-refractivity contribution in [3.8, 4) is 0 Å². The summed E-state index contributed by atoms with van der Waals surface area (Å²) in [7, 11) is 3.92. The van der Waals surface area contributed by atoms with Crippen LogP contribution in [0.1, 0.15) is 15.2 Å². The number of rotatable bonds is 4. The number of thiophene rings is 1. The quantitative estimate of drug-likeness (QED) is 0.844. The maximum atomic E-state index is 12.7. The predicted octanol–water partition coefficient (Wildman–Crippen LogP) is 2.34. The fraction of sp³-hybridized carbons (Fsp3) is 0.368. The Hall–Kier alpha value is -2.34. The number of piperazine rings is 1. The second-order valence-electron chi connectivity index (χ2n) is 6.37. The maximum absolute atomic E-state index is 12.7. The lowest BCUT2D eigenvalue weighted by molar-refractivity contribution is -0.131. The van der Waals surface area contributed by atoms with E-state index >= 15 is 0 Å². The second kappa shape index (κ2) is 7.70. The molecule has 1 aliphatic rings. The van der Waals surface area contributed by atoms with Crippen LogP contribution in [0.25, 0.3) is 0 Å². The summed E-state index contributed by atoms with van der Waals surface area (Å²) in [5, 5.41) is 1.99. The summed E-state index contributed by atoms with van der Waals surface area (Å²) in [5.74, 6) is 0.179. The molecule has 132 valence electrons. The van der Waals surface area contributed by atoms with Gasteiger partial charge in [-0.2, -0.15) is 0 Å². The molecule has 3 rings (SSSR count). The Morgan fingerprint density at radius 1 is 1.04 bits per heavy atom. The summed E-state index contributed by atoms with van der Waals surface area (Å²) in [6, 6.07) is 11.6. The monoisotopic (exact) mass is 357 g/mol. The van der Waals surface area contributed by atoms with Crippen LogP contribution < -0.4 is 4.90 Å². The second-order valence-corrected chi connectivity index (χ2v) is 7.41. The van der Waals surface area contributed by atoms with Crippen molar-refractivity contribution in [3.63, 3.8) is 0 Å². The minimum Gasteiger partial charge on any atom is -0.378 e. The molecular formula is C19H23N3O2S. The molecule has 0 unspecified atom stereocenters. The molecule has 2 amide bonds. The molecule has 0 radical (unpaired) electrons. The van der Waals surface area contributed by atoms with Crippen LogP contribution in [0.5, 0.6) is 0 Å². The molecule has 0 aliphatic carbocycles. The van der Waals surface area contributed by atoms with Gasteiger partial charge in [-0.3, -0.25) is 9.59 Å². The molecule has 6 heteroatoms. The Morgan fingerprint density at radius 3 is 2.40 bits per heavy atom. The van der Waals surface area contributed by atoms with Crippen molar-refractivity contribution in [2.75, 3.05) is 45.2 Å². The minimum absolute atomic E-state index is 0.0362. The third-order valence-corrected chi connectivity index (χ3v) is 5.31. The molecule has 5 nitrogen and oxygen atoms in total. The number of carbonyl (C=O) groups is 2. The highest BCUT2D eigenvalue weighted by molar-refractivity contribution is 7.10. The van der Waals surface area contributed by atoms with Crippen molar-refractivity contribution in [2.24, 2.45) is 0 Å². The minimum atomic E-state index is 0.0362. The highest BCUT2D eigenvalue weighted by atomic mass is 32.1. The van der Waals surface area contributed by atoms with E-state index in [0.717, 1.165) is 10.6 Å². The molecular weight excluding hydrogens is 334 g/mol. The first-order valence-corrected chi connectivity index (χ1v) is 9.29. The average Bonchev–Trinajstić information content (AvgIpc) is 3.14. The number of amides is 2. The van der Waals surface area contributed by atoms with Gasteiger partial charge in [-0.1, -0.05) is 12.1 Å². The van der Waals surface area contributed by atoms with Crippen molar-refractivity contribution in [3.05, 3.63) is 52.2 Å². The Labute approximate surface area is 152 Å². The number of hydrogen-bond donors (Lipinski definition) is 0. The Balaban J connectivity index is 1.57. The predicted molar refractivity (Wildman–Crippen MR) is 101 cm³/mol. The smallest absolute Gasteiger partial charge is 0.254 e. The van der Waals surface area contributed by atoms with Crippen LogP contribution in [-0.4, -0.2) is 61.9 Å². The van der Waals surface area contributed by atoms with E-state index in [0.29, 0.717) is 38.2 Å². The van der Waals surface area contributed by atoms with E-state index in [2.05, 4.69) is 0 Å². The van der Waals surface area contributed by atoms with Crippen LogP contribution in [0.3, 0.4) is 0 Å². The maximum Gasteiger partial charge on any atom is 0.254 e. The summed E-state index contributed by atoms with van der Waals surface area (Å²) < 4.78 is 0. The molecule has 0 spiro atoms. The SMILES string of the molecule is CN(C)c1cccc(C(=O)N2CCN(C(=O)Cc3cccs3)CC2)c1. The van der Waals surface area contributed by atoms with Gasteiger partial charge in [0.05, 0.1) is 6.42 Å². The molecule has 2 aromatic rings. The highest BCUT2D eigenvalue weighted by Gasteiger charge is 2.25. The van der Waals surface area contributed by atoms with Gasteiger partial charge in [0.1, 0.15) is 0 Å². The van der Waals surface area contributed by atoms with Gasteiger partial charge in [-0.15, -0.1) is 11.3 Å². The van der Waals surface area contributed by atoms with Crippen molar-refractivity contribution >= 4 is 28.8 Å². The lowest BCUT2D eigenvalue weighted by Gasteiger charge is -2.35. The molecule has 1 fully saturated rings. The summed E-state index contributed by atoms with van der Waals surface area (Å²) in [6.07, 6.45) is 0.455. The standard InChI is InChI=1S/C19H23N3O2S/c1-20(2)16-6-3-5-15(13-16)19(24)22-10-8-21(9-11-22)18(23)14-17-7-4-12-25-17/h3-7,12-13H,8-11,14H2,1-2H3. The molecule has 0 atom stereocenters. The van der Waals surface area contributed by atoms with Crippen LogP contribution in [0, 0.1) is 0 Å². The van der Waals surface area contributed by atoms with Gasteiger partial charge >= 0.3 is 0 Å². The summed E-state index contributed by atoms with van der Waals surface area (Å²) in [4.78, 5) is 31.8. The third-order valence-electron chi connectivity index (χ3n) is 4.43. The topological polar surface area (TPSA) is 43.9 Å². The average molecular weight is 357 g/mol. The van der Waals surface area contributed by atoms with Gasteiger partial charge in [0, 0.05) is 56.4 Å². The van der Waals surface area contributed by atoms with E-state index in [1.807, 2.05) is 70.6 Å². The van der Waals surface area contributed by atoms with Crippen LogP contribution >= 0.6 is 11.3 Å². The van der Waals surface area contributed by atoms with Gasteiger partial charge in [0.2, 0.25) is 5.91 Å². The van der Waals surface area contributed by atoms with Crippen molar-refractivity contribution in [1.82, 2.24) is 9.80 Å². The van der Waals surface area contributed by atoms with E-state index in [4.69, 9.17) is 0 Å². The third kappa shape index (κ3) is 4.20. The molecule has 25 heavy (non-hydrogen) atoms. The summed E-state index contributed by atoms with van der Waals surface area (Å²) in [5.41, 5.74) is 1.71. The van der Waals surface area contributed by atoms with Crippen molar-refractivity contribution < 1.29 is 9.59 Å². The summed E-state index contributed by atoms with van der Waals surface area (Å²) in [6.45, 7) is 2.37. The molecule has 0 bridgehead atoms. The van der Waals surface area contributed by atoms with E-state index in [1.54, 1.807) is 11.3 Å². The molecule has 2 heterocycles. The zero-order valence-electron chi connectivity index (χ0n) is 14.6. The molecule has 0 N–H and O–H groups in total. The zero-order valence-corrected chi connectivity index (χ0v) is 15.5. The van der Waals surface area contributed by atoms with Crippen LogP contribution in [0.2, 0.25) is 0 Å². The fourth-order valence-electron chi connectivity index (χ4n) is 2.93. The van der Waals surface area contributed by atoms with Gasteiger partial charge in [-0.05, 0) is 29.6 Å². The van der Waals surface area contributed by atoms with Gasteiger partial charge in [0.25, 0.3) is 5.91 Å². The van der Waals surface area contributed by atoms with Crippen molar-refractivity contribution in [2.45, 2.75) is 6.42 Å². The number of nitrogens with zero attached hydrogens (tertiary/aromatic N) is 3. The Bertz CT molecular complexity index is 735. The first-order valence-electron chi connectivity index (χ1n) is 8.41. The molecule has 1 aromatic carbocycles. The number of carbonyl (C=O) groups excluding carboxylic acids is 2. The zero-order chi connectivity index (χ0) is 17.8. The summed E-state index contributed by atoms with van der Waals surface area (Å²) >= 11 is 1.61. The molecule has 0 saturated carbocycles. The number of anilines is 1. The Kier molecular flexibility index (Phi) is 5.38. The van der Waals surface area contributed by atoms with Crippen molar-refractivity contribution in [1.29, 1.82) is 0 Å². The number of hydrogen-bond acceptors (Lipinski definition) is 4. The lowest BCUT2D eigenvalue weighted by Crippen LogP contribution is -2.51. The van der Waals surface area contributed by atoms with Crippen LogP contribution in [0.4, 0.5) is 5.69 Å². The molecule has 1 aromatic heterocycles. The normalized spacial score (nSPS) is 14.5. The van der Waals surface area contributed by atoms with E-state index in [-0.39, 0.29) is 11.8 Å². The lowest BCUT2D eigenvalue weighted by atomic mass is 10.1. The van der Waals surface area contributed by atoms with Gasteiger partial charge in [-0.25, -0.2) is 0 Å². The van der Waals surface area contributed by atoms with E-state index in [9.17, 15) is 9.59 Å². The van der Waals surface area contributed by atoms with Gasteiger partial charge in [0.15, 0.2) is 0 Å². The van der Waals surface area contributed by atoms with Crippen LogP contribution in [-0.2, 0) is 11.2 Å². The number of benzene rings is 1. The fourth-order valence-corrected chi connectivity index (χ4v) is 3.63. The largest absolute Gasteiger partial charge is 0.378 e. The molecule has 1 aliphatic heterocycles. The van der Waals surface area contributed by atoms with Gasteiger partial charge < -0.3 is 14.7 Å². The van der Waals surface area contributed by atoms with E-state index in [1.165, 1.54) is 0 Å². The molecule has 1 saturated heterocycles. The highest BCUT2D eigenvalue weighted by Crippen LogP contribution is 2.17. The first kappa shape index (κ1) is 17.5. The Morgan fingerprint density at radius 2 is 1.76 bits per heavy atom. The van der Waals surface area contributed by atoms with E-state index < -0.39 is 0 Å². The first-order chi connectivity index (χ1) is 12.0. The van der Waals surface area contributed by atoms with Crippen LogP contribution in [0.15, 0.2) is 41.8 Å².